The molecule has 0 bridgehead atoms. The van der Waals surface area contributed by atoms with Crippen molar-refractivity contribution in [3.63, 3.8) is 0 Å². The molecule has 233 valence electrons. The summed E-state index contributed by atoms with van der Waals surface area (Å²) in [7, 11) is 0. The molecule has 0 atom stereocenters. The van der Waals surface area contributed by atoms with E-state index in [1.165, 1.54) is 0 Å². The Morgan fingerprint density at radius 2 is 1.37 bits per heavy atom. The number of furan rings is 1. The van der Waals surface area contributed by atoms with E-state index >= 15 is 0 Å². The SMILES string of the molecule is N#Cc1cc2c3c(c1)Oc1cc4c(cc1B3c1ccccc1O2)oc1c(-c2ccccn2)[c-]ccc14.[Ir].[c-]1ccccc1-c1ccccn1. The third-order valence-corrected chi connectivity index (χ3v) is 8.64. The van der Waals surface area contributed by atoms with Gasteiger partial charge >= 0.3 is 0 Å². The van der Waals surface area contributed by atoms with Crippen LogP contribution < -0.4 is 25.9 Å². The first-order valence-electron chi connectivity index (χ1n) is 15.5. The van der Waals surface area contributed by atoms with Crippen molar-refractivity contribution >= 4 is 45.0 Å². The van der Waals surface area contributed by atoms with Crippen LogP contribution in [0, 0.1) is 23.5 Å². The van der Waals surface area contributed by atoms with Crippen molar-refractivity contribution in [1.82, 2.24) is 9.97 Å². The van der Waals surface area contributed by atoms with Gasteiger partial charge in [-0.2, -0.15) is 5.26 Å². The van der Waals surface area contributed by atoms with E-state index in [0.717, 1.165) is 72.3 Å². The Bertz CT molecular complexity index is 2500. The Morgan fingerprint density at radius 1 is 0.633 bits per heavy atom. The van der Waals surface area contributed by atoms with Crippen LogP contribution in [-0.2, 0) is 20.1 Å². The summed E-state index contributed by atoms with van der Waals surface area (Å²) < 4.78 is 19.1. The molecule has 6 nitrogen and oxygen atoms in total. The van der Waals surface area contributed by atoms with Crippen molar-refractivity contribution in [2.75, 3.05) is 0 Å². The topological polar surface area (TPSA) is 81.2 Å². The molecular weight excluding hydrogens is 785 g/mol. The summed E-state index contributed by atoms with van der Waals surface area (Å²) in [6.45, 7) is -0.101. The van der Waals surface area contributed by atoms with Gasteiger partial charge in [0.25, 0.3) is 6.71 Å². The summed E-state index contributed by atoms with van der Waals surface area (Å²) in [6, 6.07) is 47.7. The molecular formula is C41H22BIrN3O3-2. The van der Waals surface area contributed by atoms with Gasteiger partial charge in [0.05, 0.1) is 17.2 Å². The molecule has 0 fully saturated rings. The van der Waals surface area contributed by atoms with Crippen molar-refractivity contribution in [3.05, 3.63) is 151 Å². The Morgan fingerprint density at radius 3 is 2.10 bits per heavy atom. The maximum Gasteiger partial charge on any atom is 0.260 e. The quantitative estimate of drug-likeness (QED) is 0.132. The third kappa shape index (κ3) is 5.26. The predicted octanol–water partition coefficient (Wildman–Crippen LogP) is 7.59. The van der Waals surface area contributed by atoms with Gasteiger partial charge in [-0.3, -0.25) is 0 Å². The number of fused-ring (bicyclic) bond motifs is 7. The van der Waals surface area contributed by atoms with Crippen LogP contribution in [0.15, 0.2) is 138 Å². The van der Waals surface area contributed by atoms with Gasteiger partial charge in [0.1, 0.15) is 28.6 Å². The van der Waals surface area contributed by atoms with Crippen molar-refractivity contribution in [1.29, 1.82) is 5.26 Å². The van der Waals surface area contributed by atoms with Crippen molar-refractivity contribution < 1.29 is 34.0 Å². The number of rotatable bonds is 2. The van der Waals surface area contributed by atoms with E-state index in [2.05, 4.69) is 40.3 Å². The molecule has 0 amide bonds. The summed E-state index contributed by atoms with van der Waals surface area (Å²) in [6.07, 6.45) is 3.56. The number of nitrogens with zero attached hydrogens (tertiary/aromatic N) is 3. The summed E-state index contributed by atoms with van der Waals surface area (Å²) in [5, 5.41) is 11.5. The minimum absolute atomic E-state index is 0. The van der Waals surface area contributed by atoms with Crippen LogP contribution in [-0.4, -0.2) is 16.7 Å². The van der Waals surface area contributed by atoms with Gasteiger partial charge in [-0.05, 0) is 64.8 Å². The zero-order valence-electron chi connectivity index (χ0n) is 25.7. The average molecular weight is 808 g/mol. The third-order valence-electron chi connectivity index (χ3n) is 8.64. The normalized spacial score (nSPS) is 11.8. The fraction of sp³-hybridized carbons (Fsp3) is 0. The molecule has 5 aromatic carbocycles. The van der Waals surface area contributed by atoms with Crippen LogP contribution in [0.5, 0.6) is 23.0 Å². The van der Waals surface area contributed by atoms with Gasteiger partial charge in [0, 0.05) is 43.3 Å². The van der Waals surface area contributed by atoms with Gasteiger partial charge in [-0.25, -0.2) is 0 Å². The van der Waals surface area contributed by atoms with E-state index in [4.69, 9.17) is 13.9 Å². The zero-order valence-corrected chi connectivity index (χ0v) is 28.1. The monoisotopic (exact) mass is 808 g/mol. The second-order valence-electron chi connectivity index (χ2n) is 11.5. The molecule has 0 unspecified atom stereocenters. The van der Waals surface area contributed by atoms with E-state index in [-0.39, 0.29) is 26.8 Å². The fourth-order valence-electron chi connectivity index (χ4n) is 6.52. The van der Waals surface area contributed by atoms with Gasteiger partial charge in [0.15, 0.2) is 0 Å². The molecule has 8 heteroatoms. The molecule has 49 heavy (non-hydrogen) atoms. The van der Waals surface area contributed by atoms with Crippen LogP contribution >= 0.6 is 0 Å². The first-order chi connectivity index (χ1) is 23.7. The molecule has 0 saturated carbocycles. The largest absolute Gasteiger partial charge is 0.501 e. The number of nitriles is 1. The minimum atomic E-state index is -0.101. The van der Waals surface area contributed by atoms with Crippen LogP contribution in [0.2, 0.25) is 0 Å². The Hall–Kier alpha value is -6.00. The van der Waals surface area contributed by atoms with Crippen molar-refractivity contribution in [2.24, 2.45) is 0 Å². The number of para-hydroxylation sites is 1. The number of hydrogen-bond donors (Lipinski definition) is 0. The molecule has 3 aromatic heterocycles. The van der Waals surface area contributed by atoms with Gasteiger partial charge in [0.2, 0.25) is 0 Å². The first-order valence-corrected chi connectivity index (χ1v) is 15.5. The Labute approximate surface area is 296 Å². The second-order valence-corrected chi connectivity index (χ2v) is 11.5. The second kappa shape index (κ2) is 12.6. The molecule has 0 spiro atoms. The molecule has 8 aromatic rings. The zero-order chi connectivity index (χ0) is 32.0. The number of aromatic nitrogens is 2. The molecule has 1 radical (unpaired) electrons. The molecule has 10 rings (SSSR count). The molecule has 0 aliphatic carbocycles. The molecule has 0 N–H and O–H groups in total. The van der Waals surface area contributed by atoms with E-state index in [1.54, 1.807) is 24.5 Å². The smallest absolute Gasteiger partial charge is 0.260 e. The summed E-state index contributed by atoms with van der Waals surface area (Å²) in [5.41, 5.74) is 8.63. The minimum Gasteiger partial charge on any atom is -0.501 e. The summed E-state index contributed by atoms with van der Waals surface area (Å²) in [5.74, 6) is 2.81. The average Bonchev–Trinajstić information content (AvgIpc) is 3.52. The predicted molar refractivity (Wildman–Crippen MR) is 187 cm³/mol. The van der Waals surface area contributed by atoms with Crippen LogP contribution in [0.25, 0.3) is 44.5 Å². The molecule has 0 saturated heterocycles. The van der Waals surface area contributed by atoms with Crippen molar-refractivity contribution in [3.8, 4) is 51.6 Å². The molecule has 2 aliphatic heterocycles. The molecule has 2 aliphatic rings. The summed E-state index contributed by atoms with van der Waals surface area (Å²) in [4.78, 5) is 8.72. The van der Waals surface area contributed by atoms with Crippen LogP contribution in [0.3, 0.4) is 0 Å². The Kier molecular flexibility index (Phi) is 7.77. The van der Waals surface area contributed by atoms with Crippen molar-refractivity contribution in [2.45, 2.75) is 0 Å². The van der Waals surface area contributed by atoms with Gasteiger partial charge in [-0.15, -0.1) is 54.1 Å². The van der Waals surface area contributed by atoms with Crippen LogP contribution in [0.1, 0.15) is 5.56 Å². The van der Waals surface area contributed by atoms with E-state index in [9.17, 15) is 5.26 Å². The van der Waals surface area contributed by atoms with E-state index in [1.807, 2.05) is 97.1 Å². The number of pyridine rings is 2. The van der Waals surface area contributed by atoms with E-state index in [0.29, 0.717) is 17.1 Å². The maximum atomic E-state index is 9.60. The molecule has 5 heterocycles. The Balaban J connectivity index is 0.000000228. The van der Waals surface area contributed by atoms with Gasteiger partial charge < -0.3 is 23.9 Å². The van der Waals surface area contributed by atoms with Crippen LogP contribution in [0.4, 0.5) is 0 Å². The van der Waals surface area contributed by atoms with E-state index < -0.39 is 0 Å². The summed E-state index contributed by atoms with van der Waals surface area (Å²) >= 11 is 0. The maximum absolute atomic E-state index is 9.60. The number of hydrogen-bond acceptors (Lipinski definition) is 6. The standard InChI is InChI=1S/C30H14BN2O3.C11H8N.Ir/c32-16-17-12-27-29-28(13-17)35-26-14-20-18-6-5-7-19(23-9-3-4-11-33-23)30(18)36-25(20)15-22(26)31(29)21-8-1-2-10-24(21)34-27;1-2-6-10(7-3-1)11-8-4-5-9-12-11;/h1-6,8-15H;1-6,8-9H;/q2*-1;. The first kappa shape index (κ1) is 30.3. The number of ether oxygens (including phenoxy) is 2. The fourth-order valence-corrected chi connectivity index (χ4v) is 6.52. The van der Waals surface area contributed by atoms with Gasteiger partial charge in [-0.1, -0.05) is 53.4 Å². The number of benzene rings is 5.